The van der Waals surface area contributed by atoms with Crippen LogP contribution in [0.4, 0.5) is 0 Å². The molecule has 1 aromatic carbocycles. The molecule has 0 N–H and O–H groups in total. The van der Waals surface area contributed by atoms with Gasteiger partial charge in [0.15, 0.2) is 0 Å². The van der Waals surface area contributed by atoms with Gasteiger partial charge in [-0.15, -0.1) is 0 Å². The van der Waals surface area contributed by atoms with Crippen LogP contribution in [0.1, 0.15) is 23.6 Å². The second-order valence-corrected chi connectivity index (χ2v) is 4.47. The third-order valence-electron chi connectivity index (χ3n) is 2.38. The van der Waals surface area contributed by atoms with Crippen LogP contribution >= 0.6 is 0 Å². The van der Waals surface area contributed by atoms with E-state index in [1.807, 2.05) is 0 Å². The van der Waals surface area contributed by atoms with Crippen molar-refractivity contribution < 1.29 is 0 Å². The lowest BCUT2D eigenvalue weighted by atomic mass is 10.1. The third-order valence-corrected chi connectivity index (χ3v) is 3.33. The van der Waals surface area contributed by atoms with Gasteiger partial charge in [0.25, 0.3) is 0 Å². The van der Waals surface area contributed by atoms with E-state index in [9.17, 15) is 0 Å². The molecule has 56 valence electrons. The summed E-state index contributed by atoms with van der Waals surface area (Å²) in [5.74, 6) is 0. The van der Waals surface area contributed by atoms with Crippen molar-refractivity contribution in [3.05, 3.63) is 41.5 Å². The first-order valence-electron chi connectivity index (χ1n) is 4.07. The van der Waals surface area contributed by atoms with Crippen molar-refractivity contribution in [2.24, 2.45) is 0 Å². The molecule has 1 aliphatic carbocycles. The quantitative estimate of drug-likeness (QED) is 0.505. The lowest BCUT2D eigenvalue weighted by Gasteiger charge is -2.02. The van der Waals surface area contributed by atoms with Gasteiger partial charge in [-0.2, -0.15) is 0 Å². The van der Waals surface area contributed by atoms with Gasteiger partial charge < -0.3 is 0 Å². The molecule has 1 heteroatoms. The number of benzene rings is 1. The Morgan fingerprint density at radius 2 is 2.00 bits per heavy atom. The van der Waals surface area contributed by atoms with Gasteiger partial charge in [0.1, 0.15) is 0 Å². The van der Waals surface area contributed by atoms with E-state index in [1.54, 1.807) is 0 Å². The Labute approximate surface area is 70.4 Å². The van der Waals surface area contributed by atoms with E-state index in [1.165, 1.54) is 26.9 Å². The summed E-state index contributed by atoms with van der Waals surface area (Å²) < 4.78 is 0. The van der Waals surface area contributed by atoms with Crippen molar-refractivity contribution in [2.45, 2.75) is 12.5 Å². The molecule has 0 nitrogen and oxygen atoms in total. The van der Waals surface area contributed by atoms with Crippen LogP contribution in [-0.4, -0.2) is 10.2 Å². The van der Waals surface area contributed by atoms with Crippen molar-refractivity contribution in [3.63, 3.8) is 0 Å². The summed E-state index contributed by atoms with van der Waals surface area (Å²) in [6.45, 7) is 2.21. The molecule has 0 bridgehead atoms. The minimum Gasteiger partial charge on any atom is -0.0772 e. The minimum atomic E-state index is 0.756. The fraction of sp³-hybridized carbons (Fsp3) is 0.200. The summed E-state index contributed by atoms with van der Waals surface area (Å²) >= 11 is 0. The van der Waals surface area contributed by atoms with Crippen LogP contribution in [0.5, 0.6) is 0 Å². The van der Waals surface area contributed by atoms with Crippen molar-refractivity contribution >= 4 is 15.8 Å². The van der Waals surface area contributed by atoms with Gasteiger partial charge >= 0.3 is 0 Å². The Morgan fingerprint density at radius 1 is 1.27 bits per heavy atom. The molecule has 1 aliphatic rings. The fourth-order valence-corrected chi connectivity index (χ4v) is 2.81. The molecule has 11 heavy (non-hydrogen) atoms. The first kappa shape index (κ1) is 6.86. The SMILES string of the molecule is CC1=CC([SiH3])c2ccccc21. The first-order valence-corrected chi connectivity index (χ1v) is 5.22. The maximum Gasteiger partial charge on any atom is 0.0171 e. The highest BCUT2D eigenvalue weighted by molar-refractivity contribution is 6.16. The molecule has 0 spiro atoms. The van der Waals surface area contributed by atoms with Crippen molar-refractivity contribution in [3.8, 4) is 0 Å². The number of fused-ring (bicyclic) bond motifs is 1. The Hall–Kier alpha value is -0.823. The van der Waals surface area contributed by atoms with Gasteiger partial charge in [0.05, 0.1) is 0 Å². The predicted octanol–water partition coefficient (Wildman–Crippen LogP) is 1.51. The highest BCUT2D eigenvalue weighted by Crippen LogP contribution is 2.32. The molecular weight excluding hydrogens is 148 g/mol. The van der Waals surface area contributed by atoms with Crippen LogP contribution in [0, 0.1) is 0 Å². The molecule has 0 saturated heterocycles. The molecule has 0 saturated carbocycles. The summed E-state index contributed by atoms with van der Waals surface area (Å²) in [6.07, 6.45) is 2.39. The van der Waals surface area contributed by atoms with E-state index in [-0.39, 0.29) is 0 Å². The fourth-order valence-electron chi connectivity index (χ4n) is 1.81. The number of hydrogen-bond donors (Lipinski definition) is 0. The van der Waals surface area contributed by atoms with Crippen LogP contribution in [0.25, 0.3) is 5.57 Å². The minimum absolute atomic E-state index is 0.756. The number of allylic oxidation sites excluding steroid dienone is 2. The largest absolute Gasteiger partial charge is 0.0772 e. The molecule has 0 amide bonds. The van der Waals surface area contributed by atoms with Crippen molar-refractivity contribution in [2.75, 3.05) is 0 Å². The smallest absolute Gasteiger partial charge is 0.0171 e. The summed E-state index contributed by atoms with van der Waals surface area (Å²) in [6, 6.07) is 8.73. The van der Waals surface area contributed by atoms with E-state index in [0.717, 1.165) is 5.54 Å². The van der Waals surface area contributed by atoms with Gasteiger partial charge in [0, 0.05) is 10.2 Å². The standard InChI is InChI=1S/C10H12Si/c1-7-6-10(11)9-5-3-2-4-8(7)9/h2-6,10H,1,11H3. The highest BCUT2D eigenvalue weighted by Gasteiger charge is 2.15. The van der Waals surface area contributed by atoms with Gasteiger partial charge in [-0.3, -0.25) is 0 Å². The van der Waals surface area contributed by atoms with Crippen LogP contribution in [0.15, 0.2) is 30.3 Å². The monoisotopic (exact) mass is 160 g/mol. The zero-order chi connectivity index (χ0) is 7.84. The van der Waals surface area contributed by atoms with E-state index < -0.39 is 0 Å². The molecule has 2 rings (SSSR count). The van der Waals surface area contributed by atoms with Crippen LogP contribution < -0.4 is 0 Å². The summed E-state index contributed by atoms with van der Waals surface area (Å²) in [5, 5.41) is 0. The Kier molecular flexibility index (Phi) is 1.46. The van der Waals surface area contributed by atoms with E-state index in [2.05, 4.69) is 37.3 Å². The predicted molar refractivity (Wildman–Crippen MR) is 52.8 cm³/mol. The average Bonchev–Trinajstić information content (AvgIpc) is 2.30. The van der Waals surface area contributed by atoms with Gasteiger partial charge in [-0.05, 0) is 29.2 Å². The van der Waals surface area contributed by atoms with Crippen LogP contribution in [0.3, 0.4) is 0 Å². The molecule has 0 radical (unpaired) electrons. The van der Waals surface area contributed by atoms with Crippen molar-refractivity contribution in [1.29, 1.82) is 0 Å². The molecule has 0 aromatic heterocycles. The highest BCUT2D eigenvalue weighted by atomic mass is 28.1. The zero-order valence-electron chi connectivity index (χ0n) is 6.96. The number of rotatable bonds is 0. The lowest BCUT2D eigenvalue weighted by molar-refractivity contribution is 1.25. The molecule has 0 heterocycles. The Morgan fingerprint density at radius 3 is 2.73 bits per heavy atom. The normalized spacial score (nSPS) is 21.5. The van der Waals surface area contributed by atoms with Crippen LogP contribution in [0.2, 0.25) is 0 Å². The first-order chi connectivity index (χ1) is 5.29. The third kappa shape index (κ3) is 0.961. The molecule has 1 unspecified atom stereocenters. The van der Waals surface area contributed by atoms with E-state index in [0.29, 0.717) is 0 Å². The summed E-state index contributed by atoms with van der Waals surface area (Å²) in [7, 11) is 1.24. The summed E-state index contributed by atoms with van der Waals surface area (Å²) in [5.41, 5.74) is 5.22. The topological polar surface area (TPSA) is 0 Å². The lowest BCUT2D eigenvalue weighted by Crippen LogP contribution is -1.89. The van der Waals surface area contributed by atoms with Crippen molar-refractivity contribution in [1.82, 2.24) is 0 Å². The molecular formula is C10H12Si. The van der Waals surface area contributed by atoms with Gasteiger partial charge in [-0.1, -0.05) is 30.3 Å². The maximum absolute atomic E-state index is 2.39. The number of hydrogen-bond acceptors (Lipinski definition) is 0. The Balaban J connectivity index is 2.62. The van der Waals surface area contributed by atoms with E-state index in [4.69, 9.17) is 0 Å². The molecule has 0 fully saturated rings. The maximum atomic E-state index is 2.39. The van der Waals surface area contributed by atoms with Gasteiger partial charge in [0.2, 0.25) is 0 Å². The molecule has 1 atom stereocenters. The second kappa shape index (κ2) is 2.34. The Bertz CT molecular complexity index is 312. The molecule has 1 aromatic rings. The molecule has 0 aliphatic heterocycles. The van der Waals surface area contributed by atoms with E-state index >= 15 is 0 Å². The average molecular weight is 160 g/mol. The second-order valence-electron chi connectivity index (χ2n) is 3.23. The van der Waals surface area contributed by atoms with Crippen LogP contribution in [-0.2, 0) is 0 Å². The zero-order valence-corrected chi connectivity index (χ0v) is 8.96. The summed E-state index contributed by atoms with van der Waals surface area (Å²) in [4.78, 5) is 0. The van der Waals surface area contributed by atoms with Gasteiger partial charge in [-0.25, -0.2) is 0 Å².